The van der Waals surface area contributed by atoms with Crippen LogP contribution in [-0.2, 0) is 12.4 Å². The van der Waals surface area contributed by atoms with Crippen molar-refractivity contribution in [2.75, 3.05) is 0 Å². The van der Waals surface area contributed by atoms with Gasteiger partial charge in [0.1, 0.15) is 17.2 Å². The van der Waals surface area contributed by atoms with Crippen LogP contribution in [0.4, 0.5) is 30.7 Å². The van der Waals surface area contributed by atoms with Gasteiger partial charge in [-0.3, -0.25) is 0 Å². The van der Waals surface area contributed by atoms with Crippen LogP contribution in [0.15, 0.2) is 53.0 Å². The molecule has 0 fully saturated rings. The minimum atomic E-state index is -4.51. The predicted molar refractivity (Wildman–Crippen MR) is 111 cm³/mol. The van der Waals surface area contributed by atoms with Crippen LogP contribution in [0, 0.1) is 5.82 Å². The molecule has 168 valence electrons. The molecule has 0 saturated carbocycles. The van der Waals surface area contributed by atoms with Gasteiger partial charge in [0, 0.05) is 20.3 Å². The van der Waals surface area contributed by atoms with Crippen LogP contribution < -0.4 is 0 Å². The normalized spacial score (nSPS) is 12.1. The van der Waals surface area contributed by atoms with Crippen LogP contribution >= 0.6 is 39.1 Å². The van der Waals surface area contributed by atoms with E-state index >= 15 is 0 Å². The zero-order valence-corrected chi connectivity index (χ0v) is 18.4. The first kappa shape index (κ1) is 24.5. The number of nitrogens with zero attached hydrogens (tertiary/aromatic N) is 2. The molecule has 4 aromatic rings. The van der Waals surface area contributed by atoms with Crippen LogP contribution in [0.1, 0.15) is 11.4 Å². The summed E-state index contributed by atoms with van der Waals surface area (Å²) in [5.41, 5.74) is -1.74. The zero-order chi connectivity index (χ0) is 23.8. The molecule has 32 heavy (non-hydrogen) atoms. The van der Waals surface area contributed by atoms with Gasteiger partial charge < -0.3 is 0 Å². The first-order chi connectivity index (χ1) is 14.8. The van der Waals surface area contributed by atoms with Gasteiger partial charge in [0.25, 0.3) is 0 Å². The van der Waals surface area contributed by atoms with E-state index in [-0.39, 0.29) is 20.5 Å². The highest BCUT2D eigenvalue weighted by Crippen LogP contribution is 2.34. The molecule has 0 amide bonds. The van der Waals surface area contributed by atoms with Gasteiger partial charge in [0.15, 0.2) is 0 Å². The van der Waals surface area contributed by atoms with Crippen molar-refractivity contribution < 1.29 is 30.7 Å². The monoisotopic (exact) mass is 558 g/mol. The van der Waals surface area contributed by atoms with Crippen molar-refractivity contribution in [2.45, 2.75) is 12.4 Å². The maximum atomic E-state index is 12.9. The Kier molecular flexibility index (Phi) is 6.88. The van der Waals surface area contributed by atoms with Crippen molar-refractivity contribution in [3.8, 4) is 0 Å². The van der Waals surface area contributed by atoms with E-state index < -0.39 is 29.6 Å². The topological polar surface area (TPSA) is 25.8 Å². The van der Waals surface area contributed by atoms with Crippen molar-refractivity contribution in [3.63, 3.8) is 0 Å². The third-order valence-electron chi connectivity index (χ3n) is 4.02. The predicted octanol–water partition coefficient (Wildman–Crippen LogP) is 8.72. The summed E-state index contributed by atoms with van der Waals surface area (Å²) in [4.78, 5) is 6.91. The third kappa shape index (κ3) is 5.60. The molecule has 4 rings (SSSR count). The minimum Gasteiger partial charge on any atom is -0.243 e. The number of aromatic nitrogens is 2. The number of fused-ring (bicyclic) bond motifs is 2. The SMILES string of the molecule is FC(F)(F)c1cc(Cl)c2cc(Cl)ccc2n1.Fc1ccc2nc(C(F)(F)F)cc(Br)c2c1. The van der Waals surface area contributed by atoms with Crippen LogP contribution in [0.25, 0.3) is 21.8 Å². The second-order valence-electron chi connectivity index (χ2n) is 6.30. The highest BCUT2D eigenvalue weighted by molar-refractivity contribution is 9.10. The summed E-state index contributed by atoms with van der Waals surface area (Å²) in [6, 6.07) is 9.39. The summed E-state index contributed by atoms with van der Waals surface area (Å²) in [5, 5.41) is 1.10. The number of benzene rings is 2. The van der Waals surface area contributed by atoms with Crippen molar-refractivity contribution in [1.82, 2.24) is 9.97 Å². The van der Waals surface area contributed by atoms with Crippen LogP contribution in [0.3, 0.4) is 0 Å². The molecular weight excluding hydrogens is 552 g/mol. The van der Waals surface area contributed by atoms with Crippen molar-refractivity contribution in [3.05, 3.63) is 80.3 Å². The third-order valence-corrected chi connectivity index (χ3v) is 5.23. The minimum absolute atomic E-state index is 0.0141. The van der Waals surface area contributed by atoms with Crippen LogP contribution in [0.5, 0.6) is 0 Å². The molecular formula is C20H8BrCl2F7N2. The summed E-state index contributed by atoms with van der Waals surface area (Å²) in [7, 11) is 0. The molecule has 0 radical (unpaired) electrons. The van der Waals surface area contributed by atoms with Gasteiger partial charge in [-0.2, -0.15) is 26.3 Å². The van der Waals surface area contributed by atoms with E-state index in [1.54, 1.807) is 0 Å². The second kappa shape index (κ2) is 8.99. The van der Waals surface area contributed by atoms with Gasteiger partial charge >= 0.3 is 12.4 Å². The molecule has 0 aliphatic carbocycles. The summed E-state index contributed by atoms with van der Waals surface area (Å²) in [6.07, 6.45) is -9.01. The number of rotatable bonds is 0. The first-order valence-corrected chi connectivity index (χ1v) is 9.96. The summed E-state index contributed by atoms with van der Waals surface area (Å²) in [5.74, 6) is -0.519. The Hall–Kier alpha value is -2.17. The van der Waals surface area contributed by atoms with E-state index in [1.807, 2.05) is 0 Å². The molecule has 0 aliphatic heterocycles. The summed E-state index contributed by atoms with van der Waals surface area (Å²) >= 11 is 14.4. The smallest absolute Gasteiger partial charge is 0.243 e. The summed E-state index contributed by atoms with van der Waals surface area (Å²) < 4.78 is 87.6. The fourth-order valence-electron chi connectivity index (χ4n) is 2.60. The van der Waals surface area contributed by atoms with E-state index in [1.165, 1.54) is 24.3 Å². The molecule has 0 N–H and O–H groups in total. The molecule has 0 unspecified atom stereocenters. The van der Waals surface area contributed by atoms with E-state index in [0.29, 0.717) is 15.8 Å². The number of alkyl halides is 6. The standard InChI is InChI=1S/C10H4BrF4N.C10H4Cl2F3N/c11-7-4-9(10(13,14)15)16-8-2-1-5(12)3-6(7)8;11-5-1-2-8-6(3-5)7(12)4-9(16-8)10(13,14)15/h2*1-4H. The lowest BCUT2D eigenvalue weighted by Gasteiger charge is -2.08. The zero-order valence-electron chi connectivity index (χ0n) is 15.3. The van der Waals surface area contributed by atoms with Crippen LogP contribution in [0.2, 0.25) is 10.0 Å². The lowest BCUT2D eigenvalue weighted by Crippen LogP contribution is -2.08. The van der Waals surface area contributed by atoms with Gasteiger partial charge in [-0.25, -0.2) is 14.4 Å². The Bertz CT molecular complexity index is 1210. The van der Waals surface area contributed by atoms with Gasteiger partial charge in [-0.05, 0) is 48.5 Å². The molecule has 2 nitrogen and oxygen atoms in total. The van der Waals surface area contributed by atoms with Crippen molar-refractivity contribution >= 4 is 60.9 Å². The highest BCUT2D eigenvalue weighted by atomic mass is 79.9. The Morgan fingerprint density at radius 1 is 0.688 bits per heavy atom. The van der Waals surface area contributed by atoms with Crippen LogP contribution in [-0.4, -0.2) is 9.97 Å². The van der Waals surface area contributed by atoms with Crippen molar-refractivity contribution in [1.29, 1.82) is 0 Å². The Balaban J connectivity index is 0.000000181. The average molecular weight is 560 g/mol. The number of pyridine rings is 2. The Morgan fingerprint density at radius 3 is 1.81 bits per heavy atom. The maximum Gasteiger partial charge on any atom is 0.433 e. The van der Waals surface area contributed by atoms with Gasteiger partial charge in [0.05, 0.1) is 16.1 Å². The second-order valence-corrected chi connectivity index (χ2v) is 8.00. The van der Waals surface area contributed by atoms with E-state index in [9.17, 15) is 30.7 Å². The fraction of sp³-hybridized carbons (Fsp3) is 0.100. The molecule has 2 aromatic heterocycles. The van der Waals surface area contributed by atoms with Gasteiger partial charge in [0.2, 0.25) is 0 Å². The highest BCUT2D eigenvalue weighted by Gasteiger charge is 2.34. The molecule has 0 aliphatic rings. The van der Waals surface area contributed by atoms with Crippen molar-refractivity contribution in [2.24, 2.45) is 0 Å². The lowest BCUT2D eigenvalue weighted by molar-refractivity contribution is -0.141. The maximum absolute atomic E-state index is 12.9. The Morgan fingerprint density at radius 2 is 1.22 bits per heavy atom. The fourth-order valence-corrected chi connectivity index (χ4v) is 3.57. The molecule has 0 bridgehead atoms. The first-order valence-electron chi connectivity index (χ1n) is 8.42. The molecule has 0 saturated heterocycles. The molecule has 0 atom stereocenters. The number of hydrogen-bond acceptors (Lipinski definition) is 2. The number of halogens is 10. The molecule has 2 aromatic carbocycles. The Labute approximate surface area is 194 Å². The molecule has 0 spiro atoms. The van der Waals surface area contributed by atoms with E-state index in [0.717, 1.165) is 24.3 Å². The summed E-state index contributed by atoms with van der Waals surface area (Å²) in [6.45, 7) is 0. The quantitative estimate of drug-likeness (QED) is 0.201. The van der Waals surface area contributed by atoms with E-state index in [4.69, 9.17) is 23.2 Å². The van der Waals surface area contributed by atoms with E-state index in [2.05, 4.69) is 25.9 Å². The number of hydrogen-bond donors (Lipinski definition) is 0. The van der Waals surface area contributed by atoms with Gasteiger partial charge in [-0.15, -0.1) is 0 Å². The lowest BCUT2D eigenvalue weighted by atomic mass is 10.2. The molecule has 2 heterocycles. The largest absolute Gasteiger partial charge is 0.433 e. The van der Waals surface area contributed by atoms with Gasteiger partial charge in [-0.1, -0.05) is 39.1 Å². The molecule has 12 heteroatoms. The average Bonchev–Trinajstić information content (AvgIpc) is 2.68.